The third-order valence-corrected chi connectivity index (χ3v) is 2.73. The van der Waals surface area contributed by atoms with Gasteiger partial charge in [-0.2, -0.15) is 0 Å². The van der Waals surface area contributed by atoms with E-state index in [2.05, 4.69) is 30.9 Å². The van der Waals surface area contributed by atoms with Crippen LogP contribution in [0.4, 0.5) is 0 Å². The van der Waals surface area contributed by atoms with Gasteiger partial charge in [-0.05, 0) is 17.7 Å². The molecule has 1 saturated heterocycles. The molecule has 0 radical (unpaired) electrons. The number of ether oxygens (including phenoxy) is 1. The standard InChI is InChI=1S/C13H14O2/c1-13(9-15-10-13)12-6-4-11(5-7-12)3-2-8-14/h4-7,14H,8-10H2,1H3. The molecule has 2 heteroatoms. The van der Waals surface area contributed by atoms with Crippen molar-refractivity contribution in [3.63, 3.8) is 0 Å². The molecule has 1 N–H and O–H groups in total. The Bertz CT molecular complexity index is 391. The average Bonchev–Trinajstić information content (AvgIpc) is 2.24. The van der Waals surface area contributed by atoms with Crippen LogP contribution < -0.4 is 0 Å². The Morgan fingerprint density at radius 1 is 1.33 bits per heavy atom. The third-order valence-electron chi connectivity index (χ3n) is 2.73. The molecule has 1 aliphatic heterocycles. The molecule has 0 saturated carbocycles. The predicted molar refractivity (Wildman–Crippen MR) is 58.6 cm³/mol. The Kier molecular flexibility index (Phi) is 2.77. The number of hydrogen-bond donors (Lipinski definition) is 1. The molecule has 1 aromatic rings. The number of benzene rings is 1. The van der Waals surface area contributed by atoms with Crippen LogP contribution in [-0.2, 0) is 10.2 Å². The van der Waals surface area contributed by atoms with Crippen LogP contribution in [0.2, 0.25) is 0 Å². The van der Waals surface area contributed by atoms with E-state index in [1.807, 2.05) is 12.1 Å². The van der Waals surface area contributed by atoms with Gasteiger partial charge >= 0.3 is 0 Å². The van der Waals surface area contributed by atoms with Crippen molar-refractivity contribution in [3.05, 3.63) is 35.4 Å². The first-order valence-electron chi connectivity index (χ1n) is 5.03. The fourth-order valence-electron chi connectivity index (χ4n) is 1.67. The summed E-state index contributed by atoms with van der Waals surface area (Å²) < 4.78 is 5.23. The molecule has 1 fully saturated rings. The highest BCUT2D eigenvalue weighted by molar-refractivity contribution is 5.38. The minimum absolute atomic E-state index is 0.0900. The summed E-state index contributed by atoms with van der Waals surface area (Å²) in [5.74, 6) is 5.51. The van der Waals surface area contributed by atoms with E-state index in [0.717, 1.165) is 18.8 Å². The summed E-state index contributed by atoms with van der Waals surface area (Å²) in [5, 5.41) is 8.57. The lowest BCUT2D eigenvalue weighted by molar-refractivity contribution is -0.0500. The van der Waals surface area contributed by atoms with Crippen molar-refractivity contribution in [1.82, 2.24) is 0 Å². The molecule has 2 nitrogen and oxygen atoms in total. The van der Waals surface area contributed by atoms with Crippen molar-refractivity contribution in [2.75, 3.05) is 19.8 Å². The predicted octanol–water partition coefficient (Wildman–Crippen LogP) is 1.32. The Balaban J connectivity index is 2.17. The summed E-state index contributed by atoms with van der Waals surface area (Å²) in [6.07, 6.45) is 0. The van der Waals surface area contributed by atoms with Gasteiger partial charge in [-0.3, -0.25) is 0 Å². The molecule has 78 valence electrons. The highest BCUT2D eigenvalue weighted by Crippen LogP contribution is 2.31. The second-order valence-electron chi connectivity index (χ2n) is 4.09. The molecule has 0 aromatic heterocycles. The smallest absolute Gasteiger partial charge is 0.104 e. The van der Waals surface area contributed by atoms with E-state index in [0.29, 0.717) is 0 Å². The Labute approximate surface area is 89.9 Å². The largest absolute Gasteiger partial charge is 0.384 e. The molecule has 0 bridgehead atoms. The highest BCUT2D eigenvalue weighted by atomic mass is 16.5. The summed E-state index contributed by atoms with van der Waals surface area (Å²) in [7, 11) is 0. The van der Waals surface area contributed by atoms with E-state index in [-0.39, 0.29) is 12.0 Å². The maximum atomic E-state index is 8.57. The normalized spacial score (nSPS) is 17.5. The van der Waals surface area contributed by atoms with Gasteiger partial charge in [-0.25, -0.2) is 0 Å². The number of aliphatic hydroxyl groups excluding tert-OH is 1. The first-order chi connectivity index (χ1) is 7.24. The van der Waals surface area contributed by atoms with E-state index in [1.54, 1.807) is 0 Å². The van der Waals surface area contributed by atoms with Gasteiger partial charge in [0.05, 0.1) is 13.2 Å². The molecular weight excluding hydrogens is 188 g/mol. The topological polar surface area (TPSA) is 29.5 Å². The van der Waals surface area contributed by atoms with Crippen molar-refractivity contribution >= 4 is 0 Å². The summed E-state index contributed by atoms with van der Waals surface area (Å²) in [6, 6.07) is 8.15. The van der Waals surface area contributed by atoms with Crippen LogP contribution in [0.1, 0.15) is 18.1 Å². The van der Waals surface area contributed by atoms with Gasteiger partial charge in [0.1, 0.15) is 6.61 Å². The van der Waals surface area contributed by atoms with E-state index < -0.39 is 0 Å². The fourth-order valence-corrected chi connectivity index (χ4v) is 1.67. The van der Waals surface area contributed by atoms with Crippen LogP contribution in [0, 0.1) is 11.8 Å². The molecule has 0 aliphatic carbocycles. The zero-order valence-corrected chi connectivity index (χ0v) is 8.79. The van der Waals surface area contributed by atoms with E-state index in [9.17, 15) is 0 Å². The van der Waals surface area contributed by atoms with Gasteiger partial charge < -0.3 is 9.84 Å². The Hall–Kier alpha value is -1.30. The lowest BCUT2D eigenvalue weighted by Gasteiger charge is -2.38. The maximum Gasteiger partial charge on any atom is 0.104 e. The second kappa shape index (κ2) is 4.06. The van der Waals surface area contributed by atoms with Crippen molar-refractivity contribution in [3.8, 4) is 11.8 Å². The average molecular weight is 202 g/mol. The number of hydrogen-bond acceptors (Lipinski definition) is 2. The highest BCUT2D eigenvalue weighted by Gasteiger charge is 2.34. The van der Waals surface area contributed by atoms with Crippen molar-refractivity contribution in [1.29, 1.82) is 0 Å². The van der Waals surface area contributed by atoms with Crippen LogP contribution in [0.15, 0.2) is 24.3 Å². The van der Waals surface area contributed by atoms with Crippen molar-refractivity contribution < 1.29 is 9.84 Å². The van der Waals surface area contributed by atoms with Gasteiger partial charge in [0.25, 0.3) is 0 Å². The maximum absolute atomic E-state index is 8.57. The molecule has 1 aliphatic rings. The first kappa shape index (κ1) is 10.2. The van der Waals surface area contributed by atoms with Gasteiger partial charge in [0.2, 0.25) is 0 Å². The summed E-state index contributed by atoms with van der Waals surface area (Å²) in [6.45, 7) is 3.71. The second-order valence-corrected chi connectivity index (χ2v) is 4.09. The summed E-state index contributed by atoms with van der Waals surface area (Å²) in [4.78, 5) is 0. The van der Waals surface area contributed by atoms with Crippen LogP contribution >= 0.6 is 0 Å². The lowest BCUT2D eigenvalue weighted by atomic mass is 9.80. The zero-order chi connectivity index (χ0) is 10.7. The lowest BCUT2D eigenvalue weighted by Crippen LogP contribution is -2.43. The van der Waals surface area contributed by atoms with Crippen LogP contribution in [0.5, 0.6) is 0 Å². The zero-order valence-electron chi connectivity index (χ0n) is 8.79. The first-order valence-corrected chi connectivity index (χ1v) is 5.03. The quantitative estimate of drug-likeness (QED) is 0.696. The summed E-state index contributed by atoms with van der Waals surface area (Å²) in [5.41, 5.74) is 2.42. The number of aliphatic hydroxyl groups is 1. The molecule has 1 aromatic carbocycles. The SMILES string of the molecule is CC1(c2ccc(C#CCO)cc2)COC1. The van der Waals surface area contributed by atoms with Gasteiger partial charge in [-0.15, -0.1) is 0 Å². The van der Waals surface area contributed by atoms with Crippen LogP contribution in [0.3, 0.4) is 0 Å². The van der Waals surface area contributed by atoms with Crippen molar-refractivity contribution in [2.45, 2.75) is 12.3 Å². The minimum Gasteiger partial charge on any atom is -0.384 e. The van der Waals surface area contributed by atoms with Crippen LogP contribution in [-0.4, -0.2) is 24.9 Å². The molecule has 0 spiro atoms. The molecule has 2 rings (SSSR count). The molecule has 0 amide bonds. The van der Waals surface area contributed by atoms with Gasteiger partial charge in [0, 0.05) is 11.0 Å². The summed E-state index contributed by atoms with van der Waals surface area (Å²) >= 11 is 0. The Morgan fingerprint density at radius 2 is 2.00 bits per heavy atom. The molecular formula is C13H14O2. The molecule has 1 heterocycles. The van der Waals surface area contributed by atoms with E-state index in [1.165, 1.54) is 5.56 Å². The van der Waals surface area contributed by atoms with Gasteiger partial charge in [-0.1, -0.05) is 30.9 Å². The van der Waals surface area contributed by atoms with Crippen LogP contribution in [0.25, 0.3) is 0 Å². The monoisotopic (exact) mass is 202 g/mol. The Morgan fingerprint density at radius 3 is 2.47 bits per heavy atom. The molecule has 15 heavy (non-hydrogen) atoms. The molecule has 0 unspecified atom stereocenters. The fraction of sp³-hybridized carbons (Fsp3) is 0.385. The minimum atomic E-state index is -0.0900. The third kappa shape index (κ3) is 2.04. The van der Waals surface area contributed by atoms with E-state index in [4.69, 9.17) is 9.84 Å². The van der Waals surface area contributed by atoms with E-state index >= 15 is 0 Å². The number of rotatable bonds is 1. The van der Waals surface area contributed by atoms with Gasteiger partial charge in [0.15, 0.2) is 0 Å². The van der Waals surface area contributed by atoms with Crippen molar-refractivity contribution in [2.24, 2.45) is 0 Å². The molecule has 0 atom stereocenters.